The van der Waals surface area contributed by atoms with Crippen molar-refractivity contribution in [1.29, 1.82) is 0 Å². The maximum Gasteiger partial charge on any atom is 0.257 e. The number of amides is 2. The van der Waals surface area contributed by atoms with Gasteiger partial charge in [-0.05, 0) is 25.2 Å². The summed E-state index contributed by atoms with van der Waals surface area (Å²) >= 11 is 0. The summed E-state index contributed by atoms with van der Waals surface area (Å²) < 4.78 is 5.12. The number of carbonyl (C=O) groups excluding carboxylic acids is 2. The highest BCUT2D eigenvalue weighted by Gasteiger charge is 2.40. The normalized spacial score (nSPS) is 23.1. The number of likely N-dealkylation sites (tertiary alicyclic amines) is 2. The molecule has 2 fully saturated rings. The Morgan fingerprint density at radius 1 is 1.31 bits per heavy atom. The maximum atomic E-state index is 12.8. The molecule has 2 saturated heterocycles. The van der Waals surface area contributed by atoms with Crippen molar-refractivity contribution in [3.63, 3.8) is 0 Å². The predicted molar refractivity (Wildman–Crippen MR) is 96.6 cm³/mol. The number of rotatable bonds is 6. The molecule has 0 aliphatic carbocycles. The van der Waals surface area contributed by atoms with Gasteiger partial charge in [-0.15, -0.1) is 0 Å². The number of methoxy groups -OCH3 is 1. The summed E-state index contributed by atoms with van der Waals surface area (Å²) in [6.07, 6.45) is 7.14. The van der Waals surface area contributed by atoms with Gasteiger partial charge in [0.05, 0.1) is 5.56 Å². The minimum Gasteiger partial charge on any atom is -0.385 e. The van der Waals surface area contributed by atoms with Crippen LogP contribution in [0.25, 0.3) is 0 Å². The van der Waals surface area contributed by atoms with E-state index in [1.165, 1.54) is 0 Å². The second-order valence-corrected chi connectivity index (χ2v) is 7.08. The second-order valence-electron chi connectivity index (χ2n) is 7.08. The van der Waals surface area contributed by atoms with Crippen LogP contribution < -0.4 is 0 Å². The molecule has 2 amide bonds. The lowest BCUT2D eigenvalue weighted by Crippen LogP contribution is -2.57. The molecule has 1 aromatic rings. The molecule has 1 aromatic heterocycles. The summed E-state index contributed by atoms with van der Waals surface area (Å²) in [6, 6.07) is 0.246. The molecule has 0 unspecified atom stereocenters. The molecule has 0 bridgehead atoms. The van der Waals surface area contributed by atoms with Crippen LogP contribution in [-0.4, -0.2) is 71.0 Å². The Balaban J connectivity index is 1.63. The topological polar surface area (TPSA) is 75.6 Å². The Morgan fingerprint density at radius 2 is 2.08 bits per heavy atom. The molecule has 3 heterocycles. The van der Waals surface area contributed by atoms with E-state index in [1.807, 2.05) is 16.7 Å². The Bertz CT molecular complexity index is 634. The van der Waals surface area contributed by atoms with E-state index in [0.717, 1.165) is 38.1 Å². The number of aryl methyl sites for hydroxylation is 1. The number of piperidine rings is 2. The second kappa shape index (κ2) is 8.58. The molecular formula is C19H28N4O3. The third-order valence-corrected chi connectivity index (χ3v) is 5.45. The predicted octanol–water partition coefficient (Wildman–Crippen LogP) is 1.53. The Labute approximate surface area is 154 Å². The van der Waals surface area contributed by atoms with Gasteiger partial charge in [-0.25, -0.2) is 9.97 Å². The highest BCUT2D eigenvalue weighted by molar-refractivity contribution is 5.93. The number of nitrogens with zero attached hydrogens (tertiary/aromatic N) is 4. The molecule has 142 valence electrons. The third kappa shape index (κ3) is 4.03. The number of carbonyl (C=O) groups is 2. The van der Waals surface area contributed by atoms with E-state index in [4.69, 9.17) is 4.74 Å². The number of hydrogen-bond donors (Lipinski definition) is 0. The number of aromatic nitrogens is 2. The molecule has 26 heavy (non-hydrogen) atoms. The van der Waals surface area contributed by atoms with Gasteiger partial charge in [0.15, 0.2) is 0 Å². The van der Waals surface area contributed by atoms with Crippen molar-refractivity contribution in [3.05, 3.63) is 23.8 Å². The minimum absolute atomic E-state index is 0.00561. The summed E-state index contributed by atoms with van der Waals surface area (Å²) in [6.45, 7) is 4.77. The van der Waals surface area contributed by atoms with Crippen molar-refractivity contribution in [2.24, 2.45) is 5.92 Å². The van der Waals surface area contributed by atoms with Gasteiger partial charge in [-0.3, -0.25) is 9.59 Å². The average molecular weight is 360 g/mol. The lowest BCUT2D eigenvalue weighted by Gasteiger charge is -2.47. The molecule has 0 N–H and O–H groups in total. The summed E-state index contributed by atoms with van der Waals surface area (Å²) in [5.74, 6) is 1.33. The van der Waals surface area contributed by atoms with E-state index >= 15 is 0 Å². The fourth-order valence-corrected chi connectivity index (χ4v) is 4.04. The van der Waals surface area contributed by atoms with Crippen LogP contribution in [0.15, 0.2) is 12.4 Å². The van der Waals surface area contributed by atoms with Crippen molar-refractivity contribution in [1.82, 2.24) is 19.8 Å². The highest BCUT2D eigenvalue weighted by atomic mass is 16.5. The number of hydrogen-bond acceptors (Lipinski definition) is 5. The number of ether oxygens (including phenoxy) is 1. The van der Waals surface area contributed by atoms with Crippen molar-refractivity contribution in [2.75, 3.05) is 33.4 Å². The molecule has 2 aliphatic rings. The Morgan fingerprint density at radius 3 is 2.77 bits per heavy atom. The van der Waals surface area contributed by atoms with Crippen molar-refractivity contribution in [3.8, 4) is 0 Å². The van der Waals surface area contributed by atoms with Crippen molar-refractivity contribution < 1.29 is 14.3 Å². The van der Waals surface area contributed by atoms with Crippen LogP contribution in [0.4, 0.5) is 0 Å². The van der Waals surface area contributed by atoms with E-state index in [9.17, 15) is 9.59 Å². The number of fused-ring (bicyclic) bond motifs is 1. The standard InChI is InChI=1S/C19H28N4O3/c1-3-17-20-11-15(12-21-17)19(25)22-9-7-16-14(13-22)5-6-18(24)23(16)8-4-10-26-2/h11-12,14,16H,3-10,13H2,1-2H3/t14-,16+/m0/s1. The first-order chi connectivity index (χ1) is 12.6. The highest BCUT2D eigenvalue weighted by Crippen LogP contribution is 2.32. The molecule has 2 aliphatic heterocycles. The molecule has 7 heteroatoms. The van der Waals surface area contributed by atoms with Crippen LogP contribution in [0.1, 0.15) is 48.8 Å². The van der Waals surface area contributed by atoms with Crippen molar-refractivity contribution >= 4 is 11.8 Å². The third-order valence-electron chi connectivity index (χ3n) is 5.45. The molecule has 0 spiro atoms. The molecule has 0 radical (unpaired) electrons. The fraction of sp³-hybridized carbons (Fsp3) is 0.684. The first-order valence-electron chi connectivity index (χ1n) is 9.52. The van der Waals surface area contributed by atoms with Gasteiger partial charge in [0.25, 0.3) is 5.91 Å². The summed E-state index contributed by atoms with van der Waals surface area (Å²) in [4.78, 5) is 37.5. The zero-order chi connectivity index (χ0) is 18.5. The fourth-order valence-electron chi connectivity index (χ4n) is 4.04. The summed E-state index contributed by atoms with van der Waals surface area (Å²) in [5.41, 5.74) is 0.546. The van der Waals surface area contributed by atoms with Gasteiger partial charge in [0.2, 0.25) is 5.91 Å². The molecule has 2 atom stereocenters. The van der Waals surface area contributed by atoms with Crippen LogP contribution in [0.2, 0.25) is 0 Å². The van der Waals surface area contributed by atoms with Crippen molar-refractivity contribution in [2.45, 2.75) is 45.1 Å². The van der Waals surface area contributed by atoms with Crippen LogP contribution in [0.5, 0.6) is 0 Å². The monoisotopic (exact) mass is 360 g/mol. The molecule has 0 saturated carbocycles. The van der Waals surface area contributed by atoms with Gasteiger partial charge in [-0.2, -0.15) is 0 Å². The van der Waals surface area contributed by atoms with Gasteiger partial charge in [-0.1, -0.05) is 6.92 Å². The lowest BCUT2D eigenvalue weighted by atomic mass is 9.83. The van der Waals surface area contributed by atoms with E-state index < -0.39 is 0 Å². The van der Waals surface area contributed by atoms with Crippen LogP contribution >= 0.6 is 0 Å². The van der Waals surface area contributed by atoms with E-state index in [0.29, 0.717) is 37.6 Å². The van der Waals surface area contributed by atoms with Gasteiger partial charge in [0, 0.05) is 64.6 Å². The summed E-state index contributed by atoms with van der Waals surface area (Å²) in [7, 11) is 1.68. The SMILES string of the molecule is CCc1ncc(C(=O)N2CC[C@@H]3[C@@H](CCC(=O)N3CCCOC)C2)cn1. The molecular weight excluding hydrogens is 332 g/mol. The van der Waals surface area contributed by atoms with E-state index in [1.54, 1.807) is 19.5 Å². The zero-order valence-electron chi connectivity index (χ0n) is 15.7. The lowest BCUT2D eigenvalue weighted by molar-refractivity contribution is -0.140. The molecule has 0 aromatic carbocycles. The minimum atomic E-state index is -0.00561. The first-order valence-corrected chi connectivity index (χ1v) is 9.52. The average Bonchev–Trinajstić information content (AvgIpc) is 2.69. The Hall–Kier alpha value is -2.02. The van der Waals surface area contributed by atoms with Crippen LogP contribution in [0, 0.1) is 5.92 Å². The van der Waals surface area contributed by atoms with E-state index in [2.05, 4.69) is 9.97 Å². The van der Waals surface area contributed by atoms with Gasteiger partial charge in [0.1, 0.15) is 5.82 Å². The smallest absolute Gasteiger partial charge is 0.257 e. The van der Waals surface area contributed by atoms with Crippen LogP contribution in [0.3, 0.4) is 0 Å². The molecule has 7 nitrogen and oxygen atoms in total. The Kier molecular flexibility index (Phi) is 6.19. The van der Waals surface area contributed by atoms with Gasteiger partial charge < -0.3 is 14.5 Å². The zero-order valence-corrected chi connectivity index (χ0v) is 15.7. The van der Waals surface area contributed by atoms with E-state index in [-0.39, 0.29) is 17.9 Å². The summed E-state index contributed by atoms with van der Waals surface area (Å²) in [5, 5.41) is 0. The maximum absolute atomic E-state index is 12.8. The molecule has 3 rings (SSSR count). The van der Waals surface area contributed by atoms with Gasteiger partial charge >= 0.3 is 0 Å². The quantitative estimate of drug-likeness (QED) is 0.719. The largest absolute Gasteiger partial charge is 0.385 e. The van der Waals surface area contributed by atoms with Crippen LogP contribution in [-0.2, 0) is 16.0 Å². The first kappa shape index (κ1) is 18.8.